The first-order valence-corrected chi connectivity index (χ1v) is 6.65. The van der Waals surface area contributed by atoms with Crippen LogP contribution in [0.5, 0.6) is 0 Å². The minimum Gasteiger partial charge on any atom is -0.301 e. The van der Waals surface area contributed by atoms with Gasteiger partial charge in [-0.25, -0.2) is 0 Å². The normalized spacial score (nSPS) is 23.9. The summed E-state index contributed by atoms with van der Waals surface area (Å²) in [4.78, 5) is 2.45. The van der Waals surface area contributed by atoms with Crippen molar-refractivity contribution >= 4 is 0 Å². The Bertz CT molecular complexity index is 222. The van der Waals surface area contributed by atoms with Crippen molar-refractivity contribution in [3.63, 3.8) is 0 Å². The highest BCUT2D eigenvalue weighted by Crippen LogP contribution is 2.18. The molecule has 1 fully saturated rings. The van der Waals surface area contributed by atoms with Gasteiger partial charge in [0, 0.05) is 13.1 Å². The average molecular weight is 223 g/mol. The molecule has 1 heterocycles. The highest BCUT2D eigenvalue weighted by atomic mass is 15.2. The molecule has 1 N–H and O–H groups in total. The molecule has 0 bridgehead atoms. The Morgan fingerprint density at radius 1 is 1.50 bits per heavy atom. The lowest BCUT2D eigenvalue weighted by atomic mass is 9.95. The maximum atomic E-state index is 9.07. The van der Waals surface area contributed by atoms with Crippen LogP contribution in [-0.4, -0.2) is 37.1 Å². The van der Waals surface area contributed by atoms with Gasteiger partial charge >= 0.3 is 0 Å². The van der Waals surface area contributed by atoms with Crippen LogP contribution in [0.25, 0.3) is 0 Å². The SMILES string of the molecule is CCCNC(C#N)CN1CCCC(CC)C1. The molecule has 1 aliphatic rings. The van der Waals surface area contributed by atoms with Crippen LogP contribution in [-0.2, 0) is 0 Å². The molecule has 0 radical (unpaired) electrons. The van der Waals surface area contributed by atoms with E-state index in [9.17, 15) is 0 Å². The number of likely N-dealkylation sites (tertiary alicyclic amines) is 1. The zero-order valence-corrected chi connectivity index (χ0v) is 10.7. The van der Waals surface area contributed by atoms with Crippen LogP contribution in [0, 0.1) is 17.2 Å². The number of nitrogens with one attached hydrogen (secondary N) is 1. The van der Waals surface area contributed by atoms with E-state index in [2.05, 4.69) is 30.1 Å². The number of nitrogens with zero attached hydrogens (tertiary/aromatic N) is 2. The predicted octanol–water partition coefficient (Wildman–Crippen LogP) is 2.00. The number of hydrogen-bond donors (Lipinski definition) is 1. The molecule has 0 aromatic rings. The Balaban J connectivity index is 2.31. The van der Waals surface area contributed by atoms with Gasteiger partial charge in [0.25, 0.3) is 0 Å². The highest BCUT2D eigenvalue weighted by molar-refractivity contribution is 4.92. The summed E-state index contributed by atoms with van der Waals surface area (Å²) in [7, 11) is 0. The van der Waals surface area contributed by atoms with Crippen LogP contribution >= 0.6 is 0 Å². The molecule has 1 rings (SSSR count). The Morgan fingerprint density at radius 2 is 2.31 bits per heavy atom. The van der Waals surface area contributed by atoms with Gasteiger partial charge in [-0.3, -0.25) is 0 Å². The fourth-order valence-electron chi connectivity index (χ4n) is 2.38. The van der Waals surface area contributed by atoms with Gasteiger partial charge in [-0.05, 0) is 38.3 Å². The van der Waals surface area contributed by atoms with Crippen LogP contribution in [0.3, 0.4) is 0 Å². The number of hydrogen-bond acceptors (Lipinski definition) is 3. The smallest absolute Gasteiger partial charge is 0.108 e. The van der Waals surface area contributed by atoms with Crippen molar-refractivity contribution in [3.05, 3.63) is 0 Å². The van der Waals surface area contributed by atoms with E-state index in [1.807, 2.05) is 0 Å². The van der Waals surface area contributed by atoms with E-state index < -0.39 is 0 Å². The second-order valence-electron chi connectivity index (χ2n) is 4.81. The molecular formula is C13H25N3. The molecule has 0 aliphatic carbocycles. The van der Waals surface area contributed by atoms with E-state index in [1.54, 1.807) is 0 Å². The van der Waals surface area contributed by atoms with Gasteiger partial charge in [-0.1, -0.05) is 20.3 Å². The molecule has 2 unspecified atom stereocenters. The van der Waals surface area contributed by atoms with Crippen molar-refractivity contribution in [3.8, 4) is 6.07 Å². The first-order valence-electron chi connectivity index (χ1n) is 6.65. The van der Waals surface area contributed by atoms with Crippen molar-refractivity contribution < 1.29 is 0 Å². The zero-order chi connectivity index (χ0) is 11.8. The van der Waals surface area contributed by atoms with Gasteiger partial charge < -0.3 is 10.2 Å². The van der Waals surface area contributed by atoms with Crippen LogP contribution < -0.4 is 5.32 Å². The van der Waals surface area contributed by atoms with E-state index in [0.29, 0.717) is 0 Å². The Labute approximate surface area is 99.8 Å². The first-order chi connectivity index (χ1) is 7.80. The fourth-order valence-corrected chi connectivity index (χ4v) is 2.38. The third kappa shape index (κ3) is 4.51. The monoisotopic (exact) mass is 223 g/mol. The first kappa shape index (κ1) is 13.5. The summed E-state index contributed by atoms with van der Waals surface area (Å²) in [5, 5.41) is 12.4. The van der Waals surface area contributed by atoms with Crippen molar-refractivity contribution in [2.24, 2.45) is 5.92 Å². The maximum Gasteiger partial charge on any atom is 0.108 e. The summed E-state index contributed by atoms with van der Waals surface area (Å²) in [6.07, 6.45) is 5.03. The van der Waals surface area contributed by atoms with Crippen molar-refractivity contribution in [1.29, 1.82) is 5.26 Å². The topological polar surface area (TPSA) is 39.1 Å². The summed E-state index contributed by atoms with van der Waals surface area (Å²) >= 11 is 0. The summed E-state index contributed by atoms with van der Waals surface area (Å²) in [5.74, 6) is 0.847. The highest BCUT2D eigenvalue weighted by Gasteiger charge is 2.20. The van der Waals surface area contributed by atoms with Gasteiger partial charge in [0.1, 0.15) is 6.04 Å². The van der Waals surface area contributed by atoms with Crippen LogP contribution in [0.15, 0.2) is 0 Å². The van der Waals surface area contributed by atoms with Crippen LogP contribution in [0.4, 0.5) is 0 Å². The number of piperidine rings is 1. The third-order valence-electron chi connectivity index (χ3n) is 3.42. The molecule has 1 aliphatic heterocycles. The minimum absolute atomic E-state index is 0.00977. The minimum atomic E-state index is 0.00977. The summed E-state index contributed by atoms with van der Waals surface area (Å²) in [6, 6.07) is 2.37. The standard InChI is InChI=1S/C13H25N3/c1-3-7-15-13(9-14)11-16-8-5-6-12(4-2)10-16/h12-13,15H,3-8,10-11H2,1-2H3. The van der Waals surface area contributed by atoms with Crippen LogP contribution in [0.1, 0.15) is 39.5 Å². The lowest BCUT2D eigenvalue weighted by molar-refractivity contribution is 0.164. The third-order valence-corrected chi connectivity index (χ3v) is 3.42. The molecule has 2 atom stereocenters. The average Bonchev–Trinajstić information content (AvgIpc) is 2.34. The molecule has 0 aromatic heterocycles. The Kier molecular flexibility index (Phi) is 6.44. The molecule has 0 aromatic carbocycles. The molecule has 0 spiro atoms. The second kappa shape index (κ2) is 7.65. The Morgan fingerprint density at radius 3 is 2.94 bits per heavy atom. The number of rotatable bonds is 6. The summed E-state index contributed by atoms with van der Waals surface area (Å²) < 4.78 is 0. The van der Waals surface area contributed by atoms with Gasteiger partial charge in [-0.2, -0.15) is 5.26 Å². The molecule has 1 saturated heterocycles. The van der Waals surface area contributed by atoms with Gasteiger partial charge in [0.2, 0.25) is 0 Å². The van der Waals surface area contributed by atoms with Gasteiger partial charge in [0.15, 0.2) is 0 Å². The van der Waals surface area contributed by atoms with E-state index in [0.717, 1.165) is 25.4 Å². The molecule has 92 valence electrons. The van der Waals surface area contributed by atoms with E-state index >= 15 is 0 Å². The predicted molar refractivity (Wildman–Crippen MR) is 67.1 cm³/mol. The Hall–Kier alpha value is -0.590. The lowest BCUT2D eigenvalue weighted by Crippen LogP contribution is -2.44. The fraction of sp³-hybridized carbons (Fsp3) is 0.923. The largest absolute Gasteiger partial charge is 0.301 e. The molecular weight excluding hydrogens is 198 g/mol. The lowest BCUT2D eigenvalue weighted by Gasteiger charge is -2.33. The molecule has 0 amide bonds. The van der Waals surface area contributed by atoms with Gasteiger partial charge in [-0.15, -0.1) is 0 Å². The molecule has 3 nitrogen and oxygen atoms in total. The summed E-state index contributed by atoms with van der Waals surface area (Å²) in [6.45, 7) is 8.60. The quantitative estimate of drug-likeness (QED) is 0.748. The van der Waals surface area contributed by atoms with Crippen molar-refractivity contribution in [1.82, 2.24) is 10.2 Å². The summed E-state index contributed by atoms with van der Waals surface area (Å²) in [5.41, 5.74) is 0. The molecule has 3 heteroatoms. The van der Waals surface area contributed by atoms with E-state index in [-0.39, 0.29) is 6.04 Å². The zero-order valence-electron chi connectivity index (χ0n) is 10.7. The number of nitriles is 1. The van der Waals surface area contributed by atoms with Gasteiger partial charge in [0.05, 0.1) is 6.07 Å². The maximum absolute atomic E-state index is 9.07. The molecule has 0 saturated carbocycles. The van der Waals surface area contributed by atoms with Crippen LogP contribution in [0.2, 0.25) is 0 Å². The second-order valence-corrected chi connectivity index (χ2v) is 4.81. The van der Waals surface area contributed by atoms with E-state index in [4.69, 9.17) is 5.26 Å². The molecule has 16 heavy (non-hydrogen) atoms. The van der Waals surface area contributed by atoms with E-state index in [1.165, 1.54) is 32.4 Å². The van der Waals surface area contributed by atoms with Crippen molar-refractivity contribution in [2.45, 2.75) is 45.6 Å². The van der Waals surface area contributed by atoms with Crippen molar-refractivity contribution in [2.75, 3.05) is 26.2 Å².